The maximum Gasteiger partial charge on any atom is 0.410 e. The number of methoxy groups -OCH3 is 1. The molecule has 1 N–H and O–H groups in total. The van der Waals surface area contributed by atoms with Crippen molar-refractivity contribution in [2.45, 2.75) is 34.9 Å². The molecular weight excluding hydrogens is 576 g/mol. The Morgan fingerprint density at radius 3 is 1.86 bits per heavy atom. The minimum Gasteiger partial charge on any atom is -0.467 e. The van der Waals surface area contributed by atoms with Gasteiger partial charge in [0, 0.05) is 17.8 Å². The van der Waals surface area contributed by atoms with Crippen LogP contribution in [-0.2, 0) is 23.8 Å². The number of likely N-dealkylation sites (tertiary alicyclic amines) is 1. The van der Waals surface area contributed by atoms with Crippen molar-refractivity contribution in [1.82, 2.24) is 10.2 Å². The molecule has 3 unspecified atom stereocenters. The molecule has 44 heavy (non-hydrogen) atoms. The first-order chi connectivity index (χ1) is 21.4. The van der Waals surface area contributed by atoms with Crippen LogP contribution in [0, 0.1) is 0 Å². The monoisotopic (exact) mass is 614 g/mol. The van der Waals surface area contributed by atoms with Crippen LogP contribution in [0.4, 0.5) is 9.59 Å². The number of ether oxygens (including phenoxy) is 3. The predicted molar refractivity (Wildman–Crippen MR) is 172 cm³/mol. The topological polar surface area (TPSA) is 94.2 Å². The van der Waals surface area contributed by atoms with Gasteiger partial charge in [-0.3, -0.25) is 0 Å². The van der Waals surface area contributed by atoms with E-state index in [0.29, 0.717) is 13.0 Å². The third-order valence-electron chi connectivity index (χ3n) is 7.44. The second-order valence-corrected chi connectivity index (χ2v) is 11.8. The molecule has 3 aromatic carbocycles. The number of carbonyl (C=O) groups is 3. The number of amides is 2. The molecule has 0 radical (unpaired) electrons. The third-order valence-corrected chi connectivity index (χ3v) is 9.17. The van der Waals surface area contributed by atoms with E-state index in [1.165, 1.54) is 19.3 Å². The van der Waals surface area contributed by atoms with Crippen molar-refractivity contribution in [3.05, 3.63) is 133 Å². The molecule has 3 atom stereocenters. The molecule has 3 aromatic rings. The van der Waals surface area contributed by atoms with Crippen LogP contribution in [0.1, 0.15) is 29.5 Å². The highest BCUT2D eigenvalue weighted by molar-refractivity contribution is 8.01. The van der Waals surface area contributed by atoms with Gasteiger partial charge in [0.2, 0.25) is 0 Å². The zero-order chi connectivity index (χ0) is 31.4. The second-order valence-electron chi connectivity index (χ2n) is 10.3. The van der Waals surface area contributed by atoms with Crippen molar-refractivity contribution < 1.29 is 28.6 Å². The van der Waals surface area contributed by atoms with Gasteiger partial charge in [-0.2, -0.15) is 0 Å². The van der Waals surface area contributed by atoms with Crippen LogP contribution in [0.25, 0.3) is 0 Å². The maximum absolute atomic E-state index is 13.3. The van der Waals surface area contributed by atoms with Crippen molar-refractivity contribution >= 4 is 29.9 Å². The van der Waals surface area contributed by atoms with E-state index in [1.54, 1.807) is 16.7 Å². The number of esters is 1. The first kappa shape index (κ1) is 32.4. The summed E-state index contributed by atoms with van der Waals surface area (Å²) in [6, 6.07) is 29.5. The van der Waals surface area contributed by atoms with E-state index in [2.05, 4.69) is 54.9 Å². The fraction of sp³-hybridized carbons (Fsp3) is 0.286. The number of hydrogen-bond acceptors (Lipinski definition) is 7. The minimum atomic E-state index is -1.04. The van der Waals surface area contributed by atoms with Crippen LogP contribution in [0.2, 0.25) is 0 Å². The Hall–Kier alpha value is -4.50. The first-order valence-corrected chi connectivity index (χ1v) is 15.3. The number of nitrogens with zero attached hydrogens (tertiary/aromatic N) is 1. The molecule has 0 aliphatic carbocycles. The van der Waals surface area contributed by atoms with Gasteiger partial charge in [-0.1, -0.05) is 116 Å². The lowest BCUT2D eigenvalue weighted by Crippen LogP contribution is -2.47. The zero-order valence-electron chi connectivity index (χ0n) is 24.8. The van der Waals surface area contributed by atoms with Gasteiger partial charge in [0.25, 0.3) is 0 Å². The maximum atomic E-state index is 13.3. The number of nitrogens with one attached hydrogen (secondary N) is 1. The molecule has 1 aliphatic heterocycles. The Balaban J connectivity index is 1.72. The highest BCUT2D eigenvalue weighted by Gasteiger charge is 2.45. The van der Waals surface area contributed by atoms with Crippen LogP contribution in [0.15, 0.2) is 116 Å². The van der Waals surface area contributed by atoms with E-state index in [1.807, 2.05) is 54.6 Å². The van der Waals surface area contributed by atoms with Crippen molar-refractivity contribution in [2.75, 3.05) is 26.9 Å². The Kier molecular flexibility index (Phi) is 11.7. The Bertz CT molecular complexity index is 1310. The van der Waals surface area contributed by atoms with Crippen LogP contribution in [0.3, 0.4) is 0 Å². The summed E-state index contributed by atoms with van der Waals surface area (Å²) in [5.41, 5.74) is 3.31. The van der Waals surface area contributed by atoms with Gasteiger partial charge in [0.05, 0.1) is 11.9 Å². The van der Waals surface area contributed by atoms with Gasteiger partial charge < -0.3 is 24.4 Å². The summed E-state index contributed by atoms with van der Waals surface area (Å²) >= 11 is 1.77. The molecule has 1 heterocycles. The SMILES string of the molecule is C=CCOC(=O)NC(CC1CC(SC(c2ccccc2)(c2ccccc2)c2ccccc2)CN1C(=O)OCC=C)C(=O)OC. The molecule has 230 valence electrons. The number of alkyl carbamates (subject to hydrolysis) is 1. The largest absolute Gasteiger partial charge is 0.467 e. The Morgan fingerprint density at radius 2 is 1.39 bits per heavy atom. The van der Waals surface area contributed by atoms with Crippen LogP contribution < -0.4 is 5.32 Å². The van der Waals surface area contributed by atoms with E-state index in [4.69, 9.17) is 14.2 Å². The first-order valence-electron chi connectivity index (χ1n) is 14.4. The van der Waals surface area contributed by atoms with Gasteiger partial charge >= 0.3 is 18.2 Å². The molecule has 9 heteroatoms. The van der Waals surface area contributed by atoms with E-state index >= 15 is 0 Å². The summed E-state index contributed by atoms with van der Waals surface area (Å²) in [6.45, 7) is 7.60. The lowest BCUT2D eigenvalue weighted by atomic mass is 9.84. The van der Waals surface area contributed by atoms with Crippen LogP contribution in [-0.4, -0.2) is 67.3 Å². The Morgan fingerprint density at radius 1 is 0.886 bits per heavy atom. The zero-order valence-corrected chi connectivity index (χ0v) is 25.6. The molecule has 1 aliphatic rings. The highest BCUT2D eigenvalue weighted by atomic mass is 32.2. The van der Waals surface area contributed by atoms with E-state index in [-0.39, 0.29) is 24.9 Å². The molecule has 0 spiro atoms. The van der Waals surface area contributed by atoms with E-state index in [9.17, 15) is 14.4 Å². The van der Waals surface area contributed by atoms with Crippen LogP contribution in [0.5, 0.6) is 0 Å². The fourth-order valence-electron chi connectivity index (χ4n) is 5.54. The average Bonchev–Trinajstić information content (AvgIpc) is 3.47. The molecule has 4 rings (SSSR count). The molecule has 0 aromatic heterocycles. The van der Waals surface area contributed by atoms with E-state index < -0.39 is 35.0 Å². The lowest BCUT2D eigenvalue weighted by Gasteiger charge is -2.37. The summed E-state index contributed by atoms with van der Waals surface area (Å²) in [7, 11) is 1.25. The molecule has 8 nitrogen and oxygen atoms in total. The quantitative estimate of drug-likeness (QED) is 0.104. The highest BCUT2D eigenvalue weighted by Crippen LogP contribution is 2.52. The number of benzene rings is 3. The normalized spacial score (nSPS) is 16.8. The van der Waals surface area contributed by atoms with Crippen molar-refractivity contribution in [1.29, 1.82) is 0 Å². The third kappa shape index (κ3) is 7.71. The number of rotatable bonds is 13. The standard InChI is InChI=1S/C35H38N2O6S/c1-4-21-42-33(39)36-31(32(38)41-3)24-29-23-30(25-37(29)34(40)43-22-5-2)44-35(26-15-9-6-10-16-26,27-17-11-7-12-18-27)28-19-13-8-14-20-28/h4-20,29-31H,1-2,21-25H2,3H3,(H,36,39). The molecule has 2 amide bonds. The molecule has 0 saturated carbocycles. The lowest BCUT2D eigenvalue weighted by molar-refractivity contribution is -0.143. The van der Waals surface area contributed by atoms with Gasteiger partial charge in [-0.15, -0.1) is 11.8 Å². The van der Waals surface area contributed by atoms with Crippen molar-refractivity contribution in [3.8, 4) is 0 Å². The van der Waals surface area contributed by atoms with Gasteiger partial charge in [0.15, 0.2) is 0 Å². The fourth-order valence-corrected chi connectivity index (χ4v) is 7.41. The molecule has 1 fully saturated rings. The van der Waals surface area contributed by atoms with Gasteiger partial charge in [-0.25, -0.2) is 14.4 Å². The Labute approximate surface area is 263 Å². The number of hydrogen-bond donors (Lipinski definition) is 1. The van der Waals surface area contributed by atoms with Gasteiger partial charge in [0.1, 0.15) is 19.3 Å². The minimum absolute atomic E-state index is 0.0115. The van der Waals surface area contributed by atoms with Crippen molar-refractivity contribution in [2.24, 2.45) is 0 Å². The predicted octanol–water partition coefficient (Wildman–Crippen LogP) is 6.32. The second kappa shape index (κ2) is 15.8. The summed E-state index contributed by atoms with van der Waals surface area (Å²) in [5, 5.41) is 2.52. The summed E-state index contributed by atoms with van der Waals surface area (Å²) in [6.07, 6.45) is 2.31. The van der Waals surface area contributed by atoms with E-state index in [0.717, 1.165) is 16.7 Å². The van der Waals surface area contributed by atoms with Crippen LogP contribution >= 0.6 is 11.8 Å². The summed E-state index contributed by atoms with van der Waals surface area (Å²) in [4.78, 5) is 40.1. The van der Waals surface area contributed by atoms with Crippen molar-refractivity contribution in [3.63, 3.8) is 0 Å². The molecular formula is C35H38N2O6S. The average molecular weight is 615 g/mol. The smallest absolute Gasteiger partial charge is 0.410 e. The number of thioether (sulfide) groups is 1. The number of carbonyl (C=O) groups excluding carboxylic acids is 3. The summed E-state index contributed by atoms with van der Waals surface area (Å²) < 4.78 is 14.9. The molecule has 1 saturated heterocycles. The van der Waals surface area contributed by atoms with Gasteiger partial charge in [-0.05, 0) is 29.5 Å². The summed E-state index contributed by atoms with van der Waals surface area (Å²) in [5.74, 6) is -0.636. The molecule has 0 bridgehead atoms.